The molecule has 1 N–H and O–H groups in total. The first-order valence-electron chi connectivity index (χ1n) is 11.0. The molecule has 1 saturated carbocycles. The summed E-state index contributed by atoms with van der Waals surface area (Å²) >= 11 is 0. The van der Waals surface area contributed by atoms with Gasteiger partial charge in [0.05, 0.1) is 18.8 Å². The number of benzene rings is 1. The Balaban J connectivity index is 2.22. The monoisotopic (exact) mass is 409 g/mol. The van der Waals surface area contributed by atoms with Crippen molar-refractivity contribution >= 4 is 8.32 Å². The Hall–Kier alpha value is -0.913. The molecule has 0 bridgehead atoms. The maximum absolute atomic E-state index is 14.9. The Labute approximate surface area is 172 Å². The maximum Gasteiger partial charge on any atom is 0.192 e. The topological polar surface area (TPSA) is 30.5 Å². The summed E-state index contributed by atoms with van der Waals surface area (Å²) in [6, 6.07) is 8.68. The molecule has 3 nitrogen and oxygen atoms in total. The molecule has 1 fully saturated rings. The highest BCUT2D eigenvalue weighted by Crippen LogP contribution is 2.37. The van der Waals surface area contributed by atoms with Crippen molar-refractivity contribution in [2.45, 2.75) is 90.6 Å². The van der Waals surface area contributed by atoms with Gasteiger partial charge in [0, 0.05) is 12.6 Å². The van der Waals surface area contributed by atoms with Gasteiger partial charge < -0.3 is 14.5 Å². The molecule has 5 heteroatoms. The molecule has 28 heavy (non-hydrogen) atoms. The summed E-state index contributed by atoms with van der Waals surface area (Å²) in [7, 11) is -0.287. The molecule has 0 aromatic heterocycles. The molecule has 1 unspecified atom stereocenters. The summed E-state index contributed by atoms with van der Waals surface area (Å²) in [5, 5.41) is 3.71. The van der Waals surface area contributed by atoms with Crippen LogP contribution in [0.4, 0.5) is 4.39 Å². The van der Waals surface area contributed by atoms with Gasteiger partial charge in [0.25, 0.3) is 0 Å². The van der Waals surface area contributed by atoms with Crippen LogP contribution in [0, 0.1) is 11.2 Å². The van der Waals surface area contributed by atoms with Crippen molar-refractivity contribution in [3.63, 3.8) is 0 Å². The zero-order valence-electron chi connectivity index (χ0n) is 18.7. The largest absolute Gasteiger partial charge is 0.496 e. The van der Waals surface area contributed by atoms with E-state index >= 15 is 0 Å². The minimum Gasteiger partial charge on any atom is -0.496 e. The van der Waals surface area contributed by atoms with E-state index in [2.05, 4.69) is 39.9 Å². The molecule has 1 aliphatic carbocycles. The average molecular weight is 410 g/mol. The lowest BCUT2D eigenvalue weighted by molar-refractivity contribution is 0.155. The molecule has 1 aromatic rings. The molecular formula is C23H40FNO2Si. The van der Waals surface area contributed by atoms with E-state index in [0.717, 1.165) is 18.1 Å². The van der Waals surface area contributed by atoms with Crippen LogP contribution in [0.15, 0.2) is 18.2 Å². The molecule has 0 heterocycles. The Kier molecular flexibility index (Phi) is 8.53. The first kappa shape index (κ1) is 23.4. The van der Waals surface area contributed by atoms with Crippen molar-refractivity contribution in [2.24, 2.45) is 5.41 Å². The van der Waals surface area contributed by atoms with Crippen LogP contribution in [0.2, 0.25) is 18.1 Å². The number of hydrogen-bond donors (Lipinski definition) is 1. The van der Waals surface area contributed by atoms with E-state index in [0.29, 0.717) is 29.3 Å². The fourth-order valence-electron chi connectivity index (χ4n) is 4.39. The van der Waals surface area contributed by atoms with E-state index in [1.54, 1.807) is 13.2 Å². The fraction of sp³-hybridized carbons (Fsp3) is 0.739. The van der Waals surface area contributed by atoms with E-state index in [4.69, 9.17) is 9.16 Å². The van der Waals surface area contributed by atoms with Crippen LogP contribution >= 0.6 is 0 Å². The Morgan fingerprint density at radius 3 is 2.29 bits per heavy atom. The second-order valence-corrected chi connectivity index (χ2v) is 13.8. The van der Waals surface area contributed by atoms with E-state index in [9.17, 15) is 4.39 Å². The number of methoxy groups -OCH3 is 1. The molecule has 160 valence electrons. The minimum absolute atomic E-state index is 0.234. The summed E-state index contributed by atoms with van der Waals surface area (Å²) in [6.45, 7) is 12.0. The van der Waals surface area contributed by atoms with Gasteiger partial charge in [-0.1, -0.05) is 40.7 Å². The van der Waals surface area contributed by atoms with Crippen LogP contribution in [-0.2, 0) is 4.43 Å². The average Bonchev–Trinajstić information content (AvgIpc) is 2.70. The smallest absolute Gasteiger partial charge is 0.192 e. The van der Waals surface area contributed by atoms with Crippen molar-refractivity contribution in [2.75, 3.05) is 13.7 Å². The van der Waals surface area contributed by atoms with Gasteiger partial charge in [-0.15, -0.1) is 0 Å². The normalized spacial score (nSPS) is 18.8. The number of rotatable bonds is 10. The van der Waals surface area contributed by atoms with Gasteiger partial charge in [-0.25, -0.2) is 4.39 Å². The third kappa shape index (κ3) is 5.80. The second-order valence-electron chi connectivity index (χ2n) is 9.05. The lowest BCUT2D eigenvalue weighted by atomic mass is 9.75. The summed E-state index contributed by atoms with van der Waals surface area (Å²) in [6.07, 6.45) is 4.50. The van der Waals surface area contributed by atoms with Crippen molar-refractivity contribution in [1.29, 1.82) is 0 Å². The highest BCUT2D eigenvalue weighted by atomic mass is 28.4. The molecule has 1 atom stereocenters. The van der Waals surface area contributed by atoms with Crippen LogP contribution in [0.3, 0.4) is 0 Å². The molecular weight excluding hydrogens is 369 g/mol. The predicted molar refractivity (Wildman–Crippen MR) is 118 cm³/mol. The minimum atomic E-state index is -1.89. The van der Waals surface area contributed by atoms with E-state index < -0.39 is 8.32 Å². The lowest BCUT2D eigenvalue weighted by Crippen LogP contribution is -2.43. The van der Waals surface area contributed by atoms with Crippen molar-refractivity contribution < 1.29 is 13.6 Å². The van der Waals surface area contributed by atoms with Gasteiger partial charge in [-0.05, 0) is 61.4 Å². The Morgan fingerprint density at radius 2 is 1.75 bits per heavy atom. The van der Waals surface area contributed by atoms with Gasteiger partial charge in [0.1, 0.15) is 11.6 Å². The molecule has 0 radical (unpaired) electrons. The third-order valence-electron chi connectivity index (χ3n) is 6.81. The van der Waals surface area contributed by atoms with Crippen LogP contribution in [0.1, 0.15) is 72.0 Å². The second kappa shape index (κ2) is 10.2. The van der Waals surface area contributed by atoms with Crippen LogP contribution in [0.5, 0.6) is 5.75 Å². The maximum atomic E-state index is 14.9. The van der Waals surface area contributed by atoms with Gasteiger partial charge in [0.2, 0.25) is 0 Å². The standard InChI is InChI=1S/C23H40FNO2Si/c1-7-28(8-2,9-3)27-21(22-19(24)11-10-12-20(22)26-6)17-25-18-13-15-23(4,5)16-14-18/h10-12,18,21,25H,7-9,13-17H2,1-6H3. The van der Waals surface area contributed by atoms with Gasteiger partial charge >= 0.3 is 0 Å². The Morgan fingerprint density at radius 1 is 1.14 bits per heavy atom. The zero-order valence-corrected chi connectivity index (χ0v) is 19.7. The van der Waals surface area contributed by atoms with Gasteiger partial charge in [0.15, 0.2) is 8.32 Å². The van der Waals surface area contributed by atoms with E-state index in [1.807, 2.05) is 6.07 Å². The van der Waals surface area contributed by atoms with Crippen LogP contribution < -0.4 is 10.1 Å². The number of halogens is 1. The molecule has 1 aliphatic rings. The molecule has 0 spiro atoms. The summed E-state index contributed by atoms with van der Waals surface area (Å²) in [4.78, 5) is 0. The summed E-state index contributed by atoms with van der Waals surface area (Å²) in [5.74, 6) is 0.352. The fourth-order valence-corrected chi connectivity index (χ4v) is 7.19. The van der Waals surface area contributed by atoms with Gasteiger partial charge in [-0.2, -0.15) is 0 Å². The van der Waals surface area contributed by atoms with Gasteiger partial charge in [-0.3, -0.25) is 0 Å². The van der Waals surface area contributed by atoms with Crippen molar-refractivity contribution in [3.8, 4) is 5.75 Å². The van der Waals surface area contributed by atoms with E-state index in [-0.39, 0.29) is 11.9 Å². The quantitative estimate of drug-likeness (QED) is 0.450. The molecule has 0 amide bonds. The lowest BCUT2D eigenvalue weighted by Gasteiger charge is -2.37. The zero-order chi connectivity index (χ0) is 20.8. The predicted octanol–water partition coefficient (Wildman–Crippen LogP) is 6.46. The SMILES string of the molecule is CC[Si](CC)(CC)OC(CNC1CCC(C)(C)CC1)c1c(F)cccc1OC. The summed E-state index contributed by atoms with van der Waals surface area (Å²) in [5.41, 5.74) is 1.01. The molecule has 0 saturated heterocycles. The first-order valence-corrected chi connectivity index (χ1v) is 13.6. The molecule has 0 aliphatic heterocycles. The number of nitrogens with one attached hydrogen (secondary N) is 1. The molecule has 2 rings (SSSR count). The first-order chi connectivity index (χ1) is 13.3. The highest BCUT2D eigenvalue weighted by molar-refractivity contribution is 6.73. The van der Waals surface area contributed by atoms with Crippen LogP contribution in [-0.4, -0.2) is 28.0 Å². The van der Waals surface area contributed by atoms with Crippen molar-refractivity contribution in [3.05, 3.63) is 29.6 Å². The number of ether oxygens (including phenoxy) is 1. The highest BCUT2D eigenvalue weighted by Gasteiger charge is 2.35. The number of hydrogen-bond acceptors (Lipinski definition) is 3. The van der Waals surface area contributed by atoms with Crippen molar-refractivity contribution in [1.82, 2.24) is 5.32 Å². The third-order valence-corrected chi connectivity index (χ3v) is 11.5. The van der Waals surface area contributed by atoms with E-state index in [1.165, 1.54) is 31.7 Å². The Bertz CT molecular complexity index is 600. The van der Waals surface area contributed by atoms with Crippen LogP contribution in [0.25, 0.3) is 0 Å². The summed E-state index contributed by atoms with van der Waals surface area (Å²) < 4.78 is 27.2. The molecule has 1 aromatic carbocycles.